The number of aliphatic hydroxyl groups is 1. The van der Waals surface area contributed by atoms with Crippen molar-refractivity contribution in [3.8, 4) is 0 Å². The number of aliphatic hydroxyl groups excluding tert-OH is 1. The molecule has 0 spiro atoms. The second kappa shape index (κ2) is 7.46. The van der Waals surface area contributed by atoms with Crippen LogP contribution in [0.1, 0.15) is 24.5 Å². The Morgan fingerprint density at radius 2 is 2.16 bits per heavy atom. The molecular formula is C14H19Cl2NO2. The van der Waals surface area contributed by atoms with Crippen molar-refractivity contribution in [1.82, 2.24) is 5.32 Å². The van der Waals surface area contributed by atoms with E-state index in [4.69, 9.17) is 27.9 Å². The number of ether oxygens (including phenoxy) is 1. The van der Waals surface area contributed by atoms with Crippen molar-refractivity contribution in [3.05, 3.63) is 33.8 Å². The van der Waals surface area contributed by atoms with Crippen LogP contribution in [0.4, 0.5) is 0 Å². The Morgan fingerprint density at radius 3 is 2.89 bits per heavy atom. The van der Waals surface area contributed by atoms with Gasteiger partial charge in [-0.05, 0) is 37.0 Å². The Bertz CT molecular complexity index is 410. The van der Waals surface area contributed by atoms with Crippen LogP contribution >= 0.6 is 23.2 Å². The Balaban J connectivity index is 1.65. The van der Waals surface area contributed by atoms with Gasteiger partial charge >= 0.3 is 0 Å². The predicted octanol–water partition coefficient (Wildman–Crippen LogP) is 3.04. The lowest BCUT2D eigenvalue weighted by atomic mass is 10.1. The van der Waals surface area contributed by atoms with E-state index in [1.54, 1.807) is 18.2 Å². The molecule has 1 aliphatic rings. The summed E-state index contributed by atoms with van der Waals surface area (Å²) >= 11 is 11.9. The normalized spacial score (nSPS) is 16.6. The van der Waals surface area contributed by atoms with Crippen LogP contribution in [0.5, 0.6) is 0 Å². The molecule has 19 heavy (non-hydrogen) atoms. The van der Waals surface area contributed by atoms with E-state index < -0.39 is 6.10 Å². The molecule has 0 bridgehead atoms. The van der Waals surface area contributed by atoms with E-state index >= 15 is 0 Å². The Hall–Kier alpha value is -0.320. The second-order valence-corrected chi connectivity index (χ2v) is 5.75. The van der Waals surface area contributed by atoms with Crippen molar-refractivity contribution < 1.29 is 9.84 Å². The van der Waals surface area contributed by atoms with Crippen LogP contribution in [0.2, 0.25) is 10.0 Å². The van der Waals surface area contributed by atoms with Gasteiger partial charge in [-0.25, -0.2) is 0 Å². The van der Waals surface area contributed by atoms with Crippen LogP contribution in [-0.4, -0.2) is 31.4 Å². The zero-order chi connectivity index (χ0) is 13.7. The van der Waals surface area contributed by atoms with Gasteiger partial charge in [-0.1, -0.05) is 23.2 Å². The summed E-state index contributed by atoms with van der Waals surface area (Å²) < 4.78 is 5.50. The molecular weight excluding hydrogens is 285 g/mol. The Labute approximate surface area is 123 Å². The molecule has 2 rings (SSSR count). The van der Waals surface area contributed by atoms with Gasteiger partial charge in [0, 0.05) is 35.3 Å². The quantitative estimate of drug-likeness (QED) is 0.725. The maximum Gasteiger partial charge on any atom is 0.0929 e. The third-order valence-electron chi connectivity index (χ3n) is 3.13. The van der Waals surface area contributed by atoms with Gasteiger partial charge in [-0.2, -0.15) is 0 Å². The van der Waals surface area contributed by atoms with E-state index in [0.29, 0.717) is 28.8 Å². The highest BCUT2D eigenvalue weighted by Crippen LogP contribution is 2.28. The third-order valence-corrected chi connectivity index (χ3v) is 3.71. The van der Waals surface area contributed by atoms with Crippen molar-refractivity contribution in [1.29, 1.82) is 0 Å². The number of halogens is 2. The topological polar surface area (TPSA) is 41.5 Å². The van der Waals surface area contributed by atoms with Gasteiger partial charge in [-0.3, -0.25) is 0 Å². The van der Waals surface area contributed by atoms with Gasteiger partial charge in [0.05, 0.1) is 12.7 Å². The lowest BCUT2D eigenvalue weighted by molar-refractivity contribution is 0.119. The molecule has 1 saturated carbocycles. The zero-order valence-corrected chi connectivity index (χ0v) is 12.3. The second-order valence-electron chi connectivity index (χ2n) is 4.90. The van der Waals surface area contributed by atoms with Crippen molar-refractivity contribution >= 4 is 23.2 Å². The van der Waals surface area contributed by atoms with Crippen molar-refractivity contribution in [2.75, 3.05) is 26.3 Å². The Kier molecular flexibility index (Phi) is 5.92. The average molecular weight is 304 g/mol. The van der Waals surface area contributed by atoms with Crippen molar-refractivity contribution in [2.45, 2.75) is 18.9 Å². The predicted molar refractivity (Wildman–Crippen MR) is 77.8 cm³/mol. The molecule has 106 valence electrons. The minimum absolute atomic E-state index is 0.437. The van der Waals surface area contributed by atoms with Crippen LogP contribution in [0.25, 0.3) is 0 Å². The first-order chi connectivity index (χ1) is 9.16. The molecule has 1 fully saturated rings. The van der Waals surface area contributed by atoms with Gasteiger partial charge in [0.25, 0.3) is 0 Å². The van der Waals surface area contributed by atoms with Crippen LogP contribution in [0.15, 0.2) is 18.2 Å². The first-order valence-corrected chi connectivity index (χ1v) is 7.34. The summed E-state index contributed by atoms with van der Waals surface area (Å²) in [6.45, 7) is 2.70. The number of rotatable bonds is 8. The largest absolute Gasteiger partial charge is 0.387 e. The van der Waals surface area contributed by atoms with Crippen molar-refractivity contribution in [2.24, 2.45) is 5.92 Å². The minimum Gasteiger partial charge on any atom is -0.387 e. The summed E-state index contributed by atoms with van der Waals surface area (Å²) in [5, 5.41) is 14.3. The number of hydrogen-bond donors (Lipinski definition) is 2. The molecule has 2 N–H and O–H groups in total. The minimum atomic E-state index is -0.658. The summed E-state index contributed by atoms with van der Waals surface area (Å²) in [6.07, 6.45) is 1.95. The van der Waals surface area contributed by atoms with Gasteiger partial charge < -0.3 is 15.2 Å². The van der Waals surface area contributed by atoms with E-state index in [2.05, 4.69) is 5.32 Å². The molecule has 1 aromatic carbocycles. The monoisotopic (exact) mass is 303 g/mol. The standard InChI is InChI=1S/C14H19Cl2NO2/c15-11-3-4-13(16)12(7-11)14(18)8-17-5-6-19-9-10-1-2-10/h3-4,7,10,14,17-18H,1-2,5-6,8-9H2. The molecule has 5 heteroatoms. The molecule has 1 unspecified atom stereocenters. The maximum atomic E-state index is 10.0. The van der Waals surface area contributed by atoms with Gasteiger partial charge in [0.1, 0.15) is 0 Å². The molecule has 0 amide bonds. The van der Waals surface area contributed by atoms with Crippen LogP contribution in [0.3, 0.4) is 0 Å². The fourth-order valence-electron chi connectivity index (χ4n) is 1.80. The zero-order valence-electron chi connectivity index (χ0n) is 10.7. The first kappa shape index (κ1) is 15.1. The first-order valence-electron chi connectivity index (χ1n) is 6.58. The molecule has 1 aliphatic carbocycles. The van der Waals surface area contributed by atoms with E-state index in [0.717, 1.165) is 19.1 Å². The third kappa shape index (κ3) is 5.28. The van der Waals surface area contributed by atoms with E-state index in [1.807, 2.05) is 0 Å². The van der Waals surface area contributed by atoms with Gasteiger partial charge in [-0.15, -0.1) is 0 Å². The summed E-state index contributed by atoms with van der Waals surface area (Å²) in [4.78, 5) is 0. The maximum absolute atomic E-state index is 10.0. The highest BCUT2D eigenvalue weighted by Gasteiger charge is 2.20. The summed E-state index contributed by atoms with van der Waals surface area (Å²) in [7, 11) is 0. The average Bonchev–Trinajstić information content (AvgIpc) is 3.20. The fourth-order valence-corrected chi connectivity index (χ4v) is 2.22. The van der Waals surface area contributed by atoms with Crippen LogP contribution in [-0.2, 0) is 4.74 Å². The molecule has 1 atom stereocenters. The van der Waals surface area contributed by atoms with Gasteiger partial charge in [0.15, 0.2) is 0 Å². The van der Waals surface area contributed by atoms with Crippen LogP contribution < -0.4 is 5.32 Å². The van der Waals surface area contributed by atoms with E-state index in [-0.39, 0.29) is 0 Å². The van der Waals surface area contributed by atoms with Crippen LogP contribution in [0, 0.1) is 5.92 Å². The SMILES string of the molecule is OC(CNCCOCC1CC1)c1cc(Cl)ccc1Cl. The lowest BCUT2D eigenvalue weighted by Crippen LogP contribution is -2.25. The smallest absolute Gasteiger partial charge is 0.0929 e. The molecule has 0 saturated heterocycles. The summed E-state index contributed by atoms with van der Waals surface area (Å²) in [5.41, 5.74) is 0.653. The summed E-state index contributed by atoms with van der Waals surface area (Å²) in [6, 6.07) is 5.10. The molecule has 1 aromatic rings. The number of hydrogen-bond acceptors (Lipinski definition) is 3. The molecule has 3 nitrogen and oxygen atoms in total. The number of benzene rings is 1. The van der Waals surface area contributed by atoms with Gasteiger partial charge in [0.2, 0.25) is 0 Å². The lowest BCUT2D eigenvalue weighted by Gasteiger charge is -2.14. The highest BCUT2D eigenvalue weighted by molar-refractivity contribution is 6.33. The Morgan fingerprint density at radius 1 is 1.37 bits per heavy atom. The number of nitrogens with one attached hydrogen (secondary N) is 1. The highest BCUT2D eigenvalue weighted by atomic mass is 35.5. The molecule has 0 aliphatic heterocycles. The van der Waals surface area contributed by atoms with E-state index in [1.165, 1.54) is 12.8 Å². The molecule has 0 radical (unpaired) electrons. The van der Waals surface area contributed by atoms with E-state index in [9.17, 15) is 5.11 Å². The van der Waals surface area contributed by atoms with Crippen molar-refractivity contribution in [3.63, 3.8) is 0 Å². The molecule has 0 aromatic heterocycles. The summed E-state index contributed by atoms with van der Waals surface area (Å²) in [5.74, 6) is 0.788. The molecule has 0 heterocycles. The fraction of sp³-hybridized carbons (Fsp3) is 0.571.